The summed E-state index contributed by atoms with van der Waals surface area (Å²) in [6.45, 7) is -0.332. The second-order valence-corrected chi connectivity index (χ2v) is 9.30. The maximum atomic E-state index is 13.7. The van der Waals surface area contributed by atoms with Crippen molar-refractivity contribution in [1.82, 2.24) is 20.0 Å². The van der Waals surface area contributed by atoms with Crippen molar-refractivity contribution in [3.63, 3.8) is 0 Å². The first-order chi connectivity index (χ1) is 18.8. The molecule has 194 valence electrons. The van der Waals surface area contributed by atoms with Crippen LogP contribution < -0.4 is 10.6 Å². The monoisotopic (exact) mass is 561 g/mol. The smallest absolute Gasteiger partial charge is 0.325 e. The molecule has 0 spiro atoms. The van der Waals surface area contributed by atoms with E-state index in [0.29, 0.717) is 38.7 Å². The summed E-state index contributed by atoms with van der Waals surface area (Å²) in [6.07, 6.45) is 2.96. The van der Waals surface area contributed by atoms with Crippen LogP contribution >= 0.6 is 23.2 Å². The topological polar surface area (TPSA) is 129 Å². The van der Waals surface area contributed by atoms with Crippen LogP contribution in [0.4, 0.5) is 21.5 Å². The van der Waals surface area contributed by atoms with Crippen molar-refractivity contribution in [2.24, 2.45) is 0 Å². The highest BCUT2D eigenvalue weighted by Crippen LogP contribution is 2.37. The first-order valence-corrected chi connectivity index (χ1v) is 12.3. The van der Waals surface area contributed by atoms with Gasteiger partial charge in [-0.15, -0.1) is 5.10 Å². The SMILES string of the molecule is N#Cc1cnc2c(Cl)cc(NC(c3ccccc3)c3cn(CC(=O)O)nn3)cc2c1Nc1ccc(F)c(Cl)c1. The lowest BCUT2D eigenvalue weighted by Crippen LogP contribution is -2.13. The number of fused-ring (bicyclic) bond motifs is 1. The van der Waals surface area contributed by atoms with Crippen molar-refractivity contribution in [3.8, 4) is 6.07 Å². The minimum absolute atomic E-state index is 0.0705. The summed E-state index contributed by atoms with van der Waals surface area (Å²) in [6, 6.07) is 18.6. The fourth-order valence-corrected chi connectivity index (χ4v) is 4.53. The molecule has 0 fully saturated rings. The van der Waals surface area contributed by atoms with Crippen LogP contribution in [-0.4, -0.2) is 31.1 Å². The van der Waals surface area contributed by atoms with Gasteiger partial charge in [0.15, 0.2) is 0 Å². The van der Waals surface area contributed by atoms with E-state index in [0.717, 1.165) is 5.56 Å². The van der Waals surface area contributed by atoms with Gasteiger partial charge in [-0.1, -0.05) is 58.7 Å². The molecule has 0 radical (unpaired) electrons. The maximum absolute atomic E-state index is 13.7. The number of aromatic nitrogens is 4. The Hall–Kier alpha value is -4.72. The summed E-state index contributed by atoms with van der Waals surface area (Å²) in [5, 5.41) is 34.3. The second kappa shape index (κ2) is 10.9. The number of anilines is 3. The normalized spacial score (nSPS) is 11.6. The summed E-state index contributed by atoms with van der Waals surface area (Å²) < 4.78 is 15.0. The molecule has 0 aliphatic heterocycles. The Bertz CT molecular complexity index is 1740. The van der Waals surface area contributed by atoms with Gasteiger partial charge in [-0.3, -0.25) is 9.78 Å². The van der Waals surface area contributed by atoms with Crippen LogP contribution in [0.2, 0.25) is 10.0 Å². The van der Waals surface area contributed by atoms with E-state index >= 15 is 0 Å². The van der Waals surface area contributed by atoms with E-state index in [1.807, 2.05) is 30.3 Å². The van der Waals surface area contributed by atoms with Crippen LogP contribution in [0.15, 0.2) is 73.1 Å². The quantitative estimate of drug-likeness (QED) is 0.205. The fraction of sp³-hybridized carbons (Fsp3) is 0.0741. The lowest BCUT2D eigenvalue weighted by atomic mass is 10.0. The van der Waals surface area contributed by atoms with Gasteiger partial charge < -0.3 is 15.7 Å². The summed E-state index contributed by atoms with van der Waals surface area (Å²) in [4.78, 5) is 15.5. The largest absolute Gasteiger partial charge is 0.480 e. The molecular weight excluding hydrogens is 544 g/mol. The van der Waals surface area contributed by atoms with E-state index in [9.17, 15) is 14.4 Å². The van der Waals surface area contributed by atoms with E-state index in [2.05, 4.69) is 32.0 Å². The highest BCUT2D eigenvalue weighted by atomic mass is 35.5. The third kappa shape index (κ3) is 5.60. The molecule has 0 amide bonds. The van der Waals surface area contributed by atoms with Gasteiger partial charge in [-0.05, 0) is 35.9 Å². The maximum Gasteiger partial charge on any atom is 0.325 e. The number of nitrogens with one attached hydrogen (secondary N) is 2. The van der Waals surface area contributed by atoms with Crippen LogP contribution in [0.25, 0.3) is 10.9 Å². The Kier molecular flexibility index (Phi) is 7.27. The van der Waals surface area contributed by atoms with E-state index in [1.165, 1.54) is 29.1 Å². The Balaban J connectivity index is 1.59. The van der Waals surface area contributed by atoms with Gasteiger partial charge in [-0.25, -0.2) is 9.07 Å². The molecule has 5 aromatic rings. The molecule has 12 heteroatoms. The lowest BCUT2D eigenvalue weighted by Gasteiger charge is -2.20. The number of aliphatic carboxylic acids is 1. The van der Waals surface area contributed by atoms with Gasteiger partial charge in [0.2, 0.25) is 0 Å². The molecule has 0 saturated heterocycles. The first kappa shape index (κ1) is 25.9. The summed E-state index contributed by atoms with van der Waals surface area (Å²) in [5.74, 6) is -1.61. The number of pyridine rings is 1. The molecule has 2 heterocycles. The average Bonchev–Trinajstić information content (AvgIpc) is 3.37. The van der Waals surface area contributed by atoms with Gasteiger partial charge in [0, 0.05) is 23.0 Å². The molecule has 0 bridgehead atoms. The molecule has 0 aliphatic rings. The zero-order valence-corrected chi connectivity index (χ0v) is 21.4. The number of hydrogen-bond acceptors (Lipinski definition) is 7. The molecule has 0 saturated carbocycles. The first-order valence-electron chi connectivity index (χ1n) is 11.5. The number of hydrogen-bond donors (Lipinski definition) is 3. The summed E-state index contributed by atoms with van der Waals surface area (Å²) >= 11 is 12.6. The minimum atomic E-state index is -1.04. The molecule has 2 aromatic heterocycles. The number of halogens is 3. The van der Waals surface area contributed by atoms with E-state index in [1.54, 1.807) is 18.3 Å². The van der Waals surface area contributed by atoms with Crippen LogP contribution in [0.5, 0.6) is 0 Å². The van der Waals surface area contributed by atoms with E-state index in [-0.39, 0.29) is 17.1 Å². The molecule has 5 rings (SSSR count). The third-order valence-corrected chi connectivity index (χ3v) is 6.41. The average molecular weight is 562 g/mol. The molecule has 0 aliphatic carbocycles. The molecule has 3 N–H and O–H groups in total. The molecule has 1 atom stereocenters. The summed E-state index contributed by atoms with van der Waals surface area (Å²) in [7, 11) is 0. The van der Waals surface area contributed by atoms with E-state index < -0.39 is 17.8 Å². The van der Waals surface area contributed by atoms with Crippen LogP contribution in [-0.2, 0) is 11.3 Å². The van der Waals surface area contributed by atoms with Crippen molar-refractivity contribution in [2.75, 3.05) is 10.6 Å². The molecule has 1 unspecified atom stereocenters. The second-order valence-electron chi connectivity index (χ2n) is 8.49. The van der Waals surface area contributed by atoms with Crippen molar-refractivity contribution < 1.29 is 14.3 Å². The number of benzene rings is 3. The molecule has 39 heavy (non-hydrogen) atoms. The van der Waals surface area contributed by atoms with E-state index in [4.69, 9.17) is 28.3 Å². The zero-order valence-electron chi connectivity index (χ0n) is 19.9. The van der Waals surface area contributed by atoms with Crippen LogP contribution in [0, 0.1) is 17.1 Å². The predicted octanol–water partition coefficient (Wildman–Crippen LogP) is 6.17. The Labute approximate surface area is 231 Å². The Morgan fingerprint density at radius 2 is 1.87 bits per heavy atom. The highest BCUT2D eigenvalue weighted by Gasteiger charge is 2.20. The van der Waals surface area contributed by atoms with Gasteiger partial charge >= 0.3 is 5.97 Å². The van der Waals surface area contributed by atoms with Gasteiger partial charge in [0.25, 0.3) is 0 Å². The number of nitriles is 1. The van der Waals surface area contributed by atoms with Crippen molar-refractivity contribution >= 4 is 57.1 Å². The minimum Gasteiger partial charge on any atom is -0.480 e. The highest BCUT2D eigenvalue weighted by molar-refractivity contribution is 6.36. The molecule has 3 aromatic carbocycles. The zero-order chi connectivity index (χ0) is 27.5. The van der Waals surface area contributed by atoms with Crippen LogP contribution in [0.1, 0.15) is 22.9 Å². The van der Waals surface area contributed by atoms with Gasteiger partial charge in [0.05, 0.1) is 39.1 Å². The van der Waals surface area contributed by atoms with Crippen molar-refractivity contribution in [2.45, 2.75) is 12.6 Å². The number of carboxylic acids is 1. The molecule has 9 nitrogen and oxygen atoms in total. The van der Waals surface area contributed by atoms with Gasteiger partial charge in [0.1, 0.15) is 24.1 Å². The Morgan fingerprint density at radius 1 is 1.10 bits per heavy atom. The standard InChI is InChI=1S/C27H18Cl2FN7O2/c28-20-9-17(6-7-22(20)30)33-25-16(11-31)12-32-27-19(25)8-18(10-21(27)29)34-26(15-4-2-1-3-5-15)23-13-37(36-35-23)14-24(38)39/h1-10,12-13,26,34H,14H2,(H,32,33)(H,38,39). The summed E-state index contributed by atoms with van der Waals surface area (Å²) in [5.41, 5.74) is 3.48. The number of carbonyl (C=O) groups is 1. The molecular formula is C27H18Cl2FN7O2. The number of rotatable bonds is 8. The van der Waals surface area contributed by atoms with Crippen molar-refractivity contribution in [1.29, 1.82) is 5.26 Å². The fourth-order valence-electron chi connectivity index (χ4n) is 4.08. The van der Waals surface area contributed by atoms with Crippen LogP contribution in [0.3, 0.4) is 0 Å². The third-order valence-electron chi connectivity index (χ3n) is 5.83. The van der Waals surface area contributed by atoms with Gasteiger partial charge in [-0.2, -0.15) is 5.26 Å². The number of carboxylic acid groups (broad SMARTS) is 1. The van der Waals surface area contributed by atoms with Crippen molar-refractivity contribution in [3.05, 3.63) is 106 Å². The Morgan fingerprint density at radius 3 is 2.59 bits per heavy atom. The predicted molar refractivity (Wildman–Crippen MR) is 146 cm³/mol. The lowest BCUT2D eigenvalue weighted by molar-refractivity contribution is -0.137. The number of nitrogens with zero attached hydrogens (tertiary/aromatic N) is 5.